The van der Waals surface area contributed by atoms with E-state index in [1.54, 1.807) is 0 Å². The molecule has 3 nitrogen and oxygen atoms in total. The molecule has 0 fully saturated rings. The zero-order valence-corrected chi connectivity index (χ0v) is 12.0. The maximum absolute atomic E-state index is 4.69. The Bertz CT molecular complexity index is 683. The summed E-state index contributed by atoms with van der Waals surface area (Å²) in [5, 5.41) is 0. The van der Waals surface area contributed by atoms with E-state index in [1.807, 2.05) is 57.4 Å². The van der Waals surface area contributed by atoms with E-state index in [0.717, 1.165) is 22.6 Å². The predicted molar refractivity (Wildman–Crippen MR) is 78.7 cm³/mol. The smallest absolute Gasteiger partial charge is 0.248 e. The van der Waals surface area contributed by atoms with Gasteiger partial charge in [0.05, 0.1) is 11.0 Å². The molecule has 0 aliphatic rings. The molecule has 2 aromatic heterocycles. The van der Waals surface area contributed by atoms with Crippen LogP contribution in [0.1, 0.15) is 13.8 Å². The second kappa shape index (κ2) is 5.65. The third-order valence-electron chi connectivity index (χ3n) is 3.07. The molecule has 0 aliphatic carbocycles. The minimum atomic E-state index is 0.995. The van der Waals surface area contributed by atoms with Crippen LogP contribution in [0, 0.1) is 0 Å². The number of nitrogens with zero attached hydrogens (tertiary/aromatic N) is 3. The maximum Gasteiger partial charge on any atom is 0.248 e. The van der Waals surface area contributed by atoms with Gasteiger partial charge in [-0.15, -0.1) is 0 Å². The molecule has 0 radical (unpaired) electrons. The lowest BCUT2D eigenvalue weighted by Gasteiger charge is -2.00. The molecule has 3 heteroatoms. The molecular formula is C16H20N3+. The lowest BCUT2D eigenvalue weighted by atomic mass is 10.3. The van der Waals surface area contributed by atoms with Gasteiger partial charge in [-0.25, -0.2) is 4.98 Å². The lowest BCUT2D eigenvalue weighted by Crippen LogP contribution is -2.30. The first-order valence-corrected chi connectivity index (χ1v) is 6.64. The highest BCUT2D eigenvalue weighted by molar-refractivity contribution is 5.79. The molecule has 0 saturated carbocycles. The number of rotatable bonds is 1. The first-order valence-electron chi connectivity index (χ1n) is 6.64. The zero-order valence-electron chi connectivity index (χ0n) is 12.0. The van der Waals surface area contributed by atoms with Crippen molar-refractivity contribution < 1.29 is 4.57 Å². The quantitative estimate of drug-likeness (QED) is 0.612. The van der Waals surface area contributed by atoms with Gasteiger partial charge in [-0.1, -0.05) is 26.0 Å². The average Bonchev–Trinajstić information content (AvgIpc) is 2.79. The van der Waals surface area contributed by atoms with Crippen molar-refractivity contribution in [1.82, 2.24) is 9.55 Å². The summed E-state index contributed by atoms with van der Waals surface area (Å²) in [6, 6.07) is 14.3. The second-order valence-electron chi connectivity index (χ2n) is 4.18. The van der Waals surface area contributed by atoms with Crippen molar-refractivity contribution in [3.05, 3.63) is 48.7 Å². The van der Waals surface area contributed by atoms with Crippen LogP contribution < -0.4 is 4.57 Å². The third-order valence-corrected chi connectivity index (χ3v) is 3.07. The molecule has 0 N–H and O–H groups in total. The van der Waals surface area contributed by atoms with E-state index in [2.05, 4.69) is 33.3 Å². The van der Waals surface area contributed by atoms with Gasteiger partial charge in [0.25, 0.3) is 0 Å². The summed E-state index contributed by atoms with van der Waals surface area (Å²) in [5.74, 6) is 0.995. The first-order chi connectivity index (χ1) is 9.27. The number of hydrogen-bond donors (Lipinski definition) is 0. The fourth-order valence-electron chi connectivity index (χ4n) is 2.13. The number of hydrogen-bond acceptors (Lipinski definition) is 1. The molecule has 0 atom stereocenters. The van der Waals surface area contributed by atoms with Gasteiger partial charge in [0.1, 0.15) is 7.05 Å². The Morgan fingerprint density at radius 1 is 1.00 bits per heavy atom. The summed E-state index contributed by atoms with van der Waals surface area (Å²) in [4.78, 5) is 4.69. The van der Waals surface area contributed by atoms with Crippen LogP contribution in [-0.4, -0.2) is 9.55 Å². The van der Waals surface area contributed by atoms with Crippen molar-refractivity contribution in [2.24, 2.45) is 14.1 Å². The molecule has 2 heterocycles. The predicted octanol–water partition coefficient (Wildman–Crippen LogP) is 3.09. The van der Waals surface area contributed by atoms with Gasteiger partial charge in [0.15, 0.2) is 6.20 Å². The molecular weight excluding hydrogens is 234 g/mol. The van der Waals surface area contributed by atoms with Crippen LogP contribution in [0.5, 0.6) is 0 Å². The summed E-state index contributed by atoms with van der Waals surface area (Å²) in [7, 11) is 4.09. The molecule has 0 spiro atoms. The summed E-state index contributed by atoms with van der Waals surface area (Å²) in [6.07, 6.45) is 2.04. The molecule has 0 saturated heterocycles. The van der Waals surface area contributed by atoms with E-state index in [9.17, 15) is 0 Å². The monoisotopic (exact) mass is 254 g/mol. The van der Waals surface area contributed by atoms with Crippen molar-refractivity contribution in [2.45, 2.75) is 13.8 Å². The van der Waals surface area contributed by atoms with Crippen LogP contribution in [-0.2, 0) is 14.1 Å². The average molecular weight is 254 g/mol. The molecule has 0 bridgehead atoms. The molecule has 0 amide bonds. The Hall–Kier alpha value is -2.16. The molecule has 3 aromatic rings. The van der Waals surface area contributed by atoms with Gasteiger partial charge >= 0.3 is 0 Å². The van der Waals surface area contributed by atoms with Crippen molar-refractivity contribution in [1.29, 1.82) is 0 Å². The first kappa shape index (κ1) is 13.3. The van der Waals surface area contributed by atoms with E-state index in [0.29, 0.717) is 0 Å². The number of fused-ring (bicyclic) bond motifs is 1. The van der Waals surface area contributed by atoms with E-state index >= 15 is 0 Å². The van der Waals surface area contributed by atoms with Gasteiger partial charge in [-0.05, 0) is 18.2 Å². The van der Waals surface area contributed by atoms with Crippen LogP contribution >= 0.6 is 0 Å². The SMILES string of the molecule is CC.Cn1c(-c2cccc[n+]2C)nc2ccccc21. The molecule has 0 unspecified atom stereocenters. The lowest BCUT2D eigenvalue weighted by molar-refractivity contribution is -0.660. The van der Waals surface area contributed by atoms with Crippen LogP contribution in [0.3, 0.4) is 0 Å². The minimum Gasteiger partial charge on any atom is -0.322 e. The minimum absolute atomic E-state index is 0.995. The fraction of sp³-hybridized carbons (Fsp3) is 0.250. The molecule has 3 rings (SSSR count). The van der Waals surface area contributed by atoms with Gasteiger partial charge in [-0.2, -0.15) is 4.57 Å². The highest BCUT2D eigenvalue weighted by Gasteiger charge is 2.16. The number of aromatic nitrogens is 3. The Kier molecular flexibility index (Phi) is 3.95. The molecule has 98 valence electrons. The van der Waals surface area contributed by atoms with Crippen molar-refractivity contribution >= 4 is 11.0 Å². The number of benzene rings is 1. The Labute approximate surface area is 114 Å². The molecule has 1 aromatic carbocycles. The van der Waals surface area contributed by atoms with Crippen LogP contribution in [0.15, 0.2) is 48.7 Å². The summed E-state index contributed by atoms with van der Waals surface area (Å²) >= 11 is 0. The highest BCUT2D eigenvalue weighted by atomic mass is 15.1. The highest BCUT2D eigenvalue weighted by Crippen LogP contribution is 2.20. The van der Waals surface area contributed by atoms with Crippen molar-refractivity contribution in [3.63, 3.8) is 0 Å². The van der Waals surface area contributed by atoms with Gasteiger partial charge in [-0.3, -0.25) is 0 Å². The van der Waals surface area contributed by atoms with Crippen LogP contribution in [0.25, 0.3) is 22.6 Å². The Balaban J connectivity index is 0.000000637. The zero-order chi connectivity index (χ0) is 13.8. The largest absolute Gasteiger partial charge is 0.322 e. The van der Waals surface area contributed by atoms with Gasteiger partial charge < -0.3 is 4.57 Å². The van der Waals surface area contributed by atoms with Crippen molar-refractivity contribution in [2.75, 3.05) is 0 Å². The maximum atomic E-state index is 4.69. The topological polar surface area (TPSA) is 21.7 Å². The molecule has 19 heavy (non-hydrogen) atoms. The Morgan fingerprint density at radius 3 is 2.37 bits per heavy atom. The summed E-state index contributed by atoms with van der Waals surface area (Å²) in [6.45, 7) is 4.00. The van der Waals surface area contributed by atoms with Crippen LogP contribution in [0.2, 0.25) is 0 Å². The van der Waals surface area contributed by atoms with E-state index in [4.69, 9.17) is 0 Å². The summed E-state index contributed by atoms with van der Waals surface area (Å²) in [5.41, 5.74) is 3.31. The Morgan fingerprint density at radius 2 is 1.68 bits per heavy atom. The number of para-hydroxylation sites is 2. The van der Waals surface area contributed by atoms with Gasteiger partial charge in [0, 0.05) is 19.2 Å². The van der Waals surface area contributed by atoms with Gasteiger partial charge in [0.2, 0.25) is 11.5 Å². The second-order valence-corrected chi connectivity index (χ2v) is 4.18. The van der Waals surface area contributed by atoms with E-state index < -0.39 is 0 Å². The number of pyridine rings is 1. The standard InChI is InChI=1S/C14H14N3.C2H6/c1-16-10-6-5-9-13(16)14-15-11-7-3-4-8-12(11)17(14)2;1-2/h3-10H,1-2H3;1-2H3/q+1;. The normalized spacial score (nSPS) is 10.1. The number of imidazole rings is 1. The fourth-order valence-corrected chi connectivity index (χ4v) is 2.13. The summed E-state index contributed by atoms with van der Waals surface area (Å²) < 4.78 is 4.21. The third kappa shape index (κ3) is 2.36. The van der Waals surface area contributed by atoms with E-state index in [-0.39, 0.29) is 0 Å². The number of aryl methyl sites for hydroxylation is 2. The van der Waals surface area contributed by atoms with Crippen molar-refractivity contribution in [3.8, 4) is 11.5 Å². The van der Waals surface area contributed by atoms with E-state index in [1.165, 1.54) is 0 Å². The molecule has 0 aliphatic heterocycles. The van der Waals surface area contributed by atoms with Crippen LogP contribution in [0.4, 0.5) is 0 Å².